The van der Waals surface area contributed by atoms with Crippen LogP contribution in [0, 0.1) is 11.3 Å². The molecule has 0 bridgehead atoms. The maximum atomic E-state index is 8.70. The Morgan fingerprint density at radius 3 is 2.77 bits per heavy atom. The Labute approximate surface area is 78.4 Å². The average molecular weight is 175 g/mol. The number of nitrogens with two attached hydrogens (primary N) is 1. The number of anilines is 2. The van der Waals surface area contributed by atoms with Crippen LogP contribution in [0.5, 0.6) is 0 Å². The van der Waals surface area contributed by atoms with E-state index in [4.69, 9.17) is 11.0 Å². The Balaban J connectivity index is 3.12. The third kappa shape index (κ3) is 1.91. The van der Waals surface area contributed by atoms with Crippen LogP contribution in [0.25, 0.3) is 0 Å². The number of nitriles is 1. The van der Waals surface area contributed by atoms with Gasteiger partial charge in [-0.05, 0) is 25.1 Å². The van der Waals surface area contributed by atoms with Crippen molar-refractivity contribution < 1.29 is 0 Å². The lowest BCUT2D eigenvalue weighted by Gasteiger charge is -2.18. The monoisotopic (exact) mass is 175 g/mol. The highest BCUT2D eigenvalue weighted by atomic mass is 15.1. The third-order valence-electron chi connectivity index (χ3n) is 2.05. The summed E-state index contributed by atoms with van der Waals surface area (Å²) < 4.78 is 0. The lowest BCUT2D eigenvalue weighted by molar-refractivity contribution is 0.969. The van der Waals surface area contributed by atoms with Gasteiger partial charge in [0.25, 0.3) is 0 Å². The van der Waals surface area contributed by atoms with Crippen molar-refractivity contribution in [2.75, 3.05) is 24.2 Å². The number of rotatable bonds is 2. The SMILES string of the molecule is CCN(C)c1cc(C#N)ccc1N. The van der Waals surface area contributed by atoms with E-state index in [9.17, 15) is 0 Å². The molecule has 3 nitrogen and oxygen atoms in total. The number of benzene rings is 1. The van der Waals surface area contributed by atoms with Crippen LogP contribution in [0.15, 0.2) is 18.2 Å². The smallest absolute Gasteiger partial charge is 0.0992 e. The highest BCUT2D eigenvalue weighted by Crippen LogP contribution is 2.22. The largest absolute Gasteiger partial charge is 0.397 e. The minimum atomic E-state index is 0.643. The molecular weight excluding hydrogens is 162 g/mol. The molecule has 13 heavy (non-hydrogen) atoms. The van der Waals surface area contributed by atoms with Crippen molar-refractivity contribution in [3.05, 3.63) is 23.8 Å². The second kappa shape index (κ2) is 3.81. The van der Waals surface area contributed by atoms with Crippen molar-refractivity contribution in [2.24, 2.45) is 0 Å². The fourth-order valence-electron chi connectivity index (χ4n) is 1.11. The molecule has 0 aliphatic heterocycles. The Kier molecular flexibility index (Phi) is 2.76. The van der Waals surface area contributed by atoms with Crippen LogP contribution in [0.3, 0.4) is 0 Å². The number of hydrogen-bond donors (Lipinski definition) is 1. The summed E-state index contributed by atoms with van der Waals surface area (Å²) in [7, 11) is 1.95. The lowest BCUT2D eigenvalue weighted by atomic mass is 10.2. The topological polar surface area (TPSA) is 53.0 Å². The average Bonchev–Trinajstić information content (AvgIpc) is 2.17. The van der Waals surface area contributed by atoms with Gasteiger partial charge in [-0.2, -0.15) is 5.26 Å². The molecule has 1 aromatic rings. The molecule has 0 atom stereocenters. The van der Waals surface area contributed by atoms with Crippen molar-refractivity contribution in [2.45, 2.75) is 6.92 Å². The molecule has 0 amide bonds. The summed E-state index contributed by atoms with van der Waals surface area (Å²) in [6.45, 7) is 2.91. The van der Waals surface area contributed by atoms with Crippen LogP contribution in [-0.4, -0.2) is 13.6 Å². The molecule has 68 valence electrons. The maximum absolute atomic E-state index is 8.70. The molecule has 1 rings (SSSR count). The fraction of sp³-hybridized carbons (Fsp3) is 0.300. The summed E-state index contributed by atoms with van der Waals surface area (Å²) >= 11 is 0. The molecule has 0 fully saturated rings. The van der Waals surface area contributed by atoms with Crippen LogP contribution in [0.2, 0.25) is 0 Å². The summed E-state index contributed by atoms with van der Waals surface area (Å²) in [5, 5.41) is 8.70. The van der Waals surface area contributed by atoms with Gasteiger partial charge in [0.2, 0.25) is 0 Å². The highest BCUT2D eigenvalue weighted by Gasteiger charge is 2.03. The highest BCUT2D eigenvalue weighted by molar-refractivity contribution is 5.69. The van der Waals surface area contributed by atoms with Gasteiger partial charge < -0.3 is 10.6 Å². The maximum Gasteiger partial charge on any atom is 0.0992 e. The molecule has 0 saturated heterocycles. The molecule has 3 heteroatoms. The summed E-state index contributed by atoms with van der Waals surface area (Å²) in [4.78, 5) is 2.01. The minimum Gasteiger partial charge on any atom is -0.397 e. The van der Waals surface area contributed by atoms with Gasteiger partial charge in [-0.1, -0.05) is 0 Å². The first-order valence-electron chi connectivity index (χ1n) is 4.19. The van der Waals surface area contributed by atoms with E-state index in [1.165, 1.54) is 0 Å². The summed E-state index contributed by atoms with van der Waals surface area (Å²) in [6, 6.07) is 7.38. The van der Waals surface area contributed by atoms with Gasteiger partial charge in [-0.15, -0.1) is 0 Å². The van der Waals surface area contributed by atoms with E-state index in [1.54, 1.807) is 18.2 Å². The van der Waals surface area contributed by atoms with Gasteiger partial charge in [0.05, 0.1) is 23.0 Å². The molecule has 0 saturated carbocycles. The summed E-state index contributed by atoms with van der Waals surface area (Å²) in [5.41, 5.74) is 8.04. The van der Waals surface area contributed by atoms with Crippen LogP contribution >= 0.6 is 0 Å². The molecule has 2 N–H and O–H groups in total. The molecule has 0 aliphatic rings. The number of hydrogen-bond acceptors (Lipinski definition) is 3. The number of nitrogens with zero attached hydrogens (tertiary/aromatic N) is 2. The molecular formula is C10H13N3. The molecule has 0 aliphatic carbocycles. The van der Waals surface area contributed by atoms with Crippen LogP contribution in [0.4, 0.5) is 11.4 Å². The molecule has 0 unspecified atom stereocenters. The molecule has 0 radical (unpaired) electrons. The van der Waals surface area contributed by atoms with E-state index in [2.05, 4.69) is 6.07 Å². The molecule has 0 heterocycles. The zero-order valence-electron chi connectivity index (χ0n) is 7.91. The van der Waals surface area contributed by atoms with Gasteiger partial charge in [0, 0.05) is 13.6 Å². The normalized spacial score (nSPS) is 9.31. The van der Waals surface area contributed by atoms with Crippen LogP contribution in [-0.2, 0) is 0 Å². The Bertz CT molecular complexity index is 339. The molecule has 0 spiro atoms. The first-order chi connectivity index (χ1) is 6.19. The van der Waals surface area contributed by atoms with Crippen molar-refractivity contribution in [3.8, 4) is 6.07 Å². The Hall–Kier alpha value is -1.69. The van der Waals surface area contributed by atoms with Gasteiger partial charge in [0.1, 0.15) is 0 Å². The molecule has 0 aromatic heterocycles. The van der Waals surface area contributed by atoms with Crippen molar-refractivity contribution in [1.82, 2.24) is 0 Å². The van der Waals surface area contributed by atoms with E-state index < -0.39 is 0 Å². The predicted octanol–water partition coefficient (Wildman–Crippen LogP) is 1.60. The van der Waals surface area contributed by atoms with Crippen molar-refractivity contribution >= 4 is 11.4 Å². The zero-order chi connectivity index (χ0) is 9.84. The van der Waals surface area contributed by atoms with E-state index in [1.807, 2.05) is 18.9 Å². The van der Waals surface area contributed by atoms with Crippen LogP contribution in [0.1, 0.15) is 12.5 Å². The predicted molar refractivity (Wildman–Crippen MR) is 54.5 cm³/mol. The third-order valence-corrected chi connectivity index (χ3v) is 2.05. The van der Waals surface area contributed by atoms with Gasteiger partial charge in [0.15, 0.2) is 0 Å². The first-order valence-corrected chi connectivity index (χ1v) is 4.19. The van der Waals surface area contributed by atoms with E-state index in [0.717, 1.165) is 12.2 Å². The zero-order valence-corrected chi connectivity index (χ0v) is 7.91. The standard InChI is InChI=1S/C10H13N3/c1-3-13(2)10-6-8(7-11)4-5-9(10)12/h4-6H,3,12H2,1-2H3. The van der Waals surface area contributed by atoms with Gasteiger partial charge in [-0.25, -0.2) is 0 Å². The summed E-state index contributed by atoms with van der Waals surface area (Å²) in [6.07, 6.45) is 0. The van der Waals surface area contributed by atoms with Crippen molar-refractivity contribution in [1.29, 1.82) is 5.26 Å². The second-order valence-corrected chi connectivity index (χ2v) is 2.90. The number of nitrogen functional groups attached to an aromatic ring is 1. The van der Waals surface area contributed by atoms with Crippen LogP contribution < -0.4 is 10.6 Å². The first kappa shape index (κ1) is 9.40. The Morgan fingerprint density at radius 1 is 1.54 bits per heavy atom. The Morgan fingerprint density at radius 2 is 2.23 bits per heavy atom. The van der Waals surface area contributed by atoms with Crippen molar-refractivity contribution in [3.63, 3.8) is 0 Å². The summed E-state index contributed by atoms with van der Waals surface area (Å²) in [5.74, 6) is 0. The second-order valence-electron chi connectivity index (χ2n) is 2.90. The molecule has 1 aromatic carbocycles. The van der Waals surface area contributed by atoms with Gasteiger partial charge in [-0.3, -0.25) is 0 Å². The fourth-order valence-corrected chi connectivity index (χ4v) is 1.11. The van der Waals surface area contributed by atoms with E-state index in [-0.39, 0.29) is 0 Å². The minimum absolute atomic E-state index is 0.643. The quantitative estimate of drug-likeness (QED) is 0.694. The van der Waals surface area contributed by atoms with E-state index in [0.29, 0.717) is 11.3 Å². The lowest BCUT2D eigenvalue weighted by Crippen LogP contribution is -2.17. The van der Waals surface area contributed by atoms with Gasteiger partial charge >= 0.3 is 0 Å². The van der Waals surface area contributed by atoms with E-state index >= 15 is 0 Å².